The van der Waals surface area contributed by atoms with Crippen LogP contribution < -0.4 is 10.6 Å². The van der Waals surface area contributed by atoms with Crippen molar-refractivity contribution in [3.8, 4) is 0 Å². The Morgan fingerprint density at radius 3 is 2.91 bits per heavy atom. The van der Waals surface area contributed by atoms with Gasteiger partial charge in [-0.2, -0.15) is 0 Å². The van der Waals surface area contributed by atoms with Crippen LogP contribution in [0.2, 0.25) is 0 Å². The van der Waals surface area contributed by atoms with Gasteiger partial charge in [-0.3, -0.25) is 4.79 Å². The number of methoxy groups -OCH3 is 1. The van der Waals surface area contributed by atoms with Crippen molar-refractivity contribution in [2.24, 2.45) is 5.73 Å². The molecular formula is C15H20N6O2. The van der Waals surface area contributed by atoms with Crippen LogP contribution in [0.5, 0.6) is 0 Å². The summed E-state index contributed by atoms with van der Waals surface area (Å²) in [5.41, 5.74) is 6.73. The lowest BCUT2D eigenvalue weighted by molar-refractivity contribution is 0.100. The second-order valence-electron chi connectivity index (χ2n) is 5.58. The highest BCUT2D eigenvalue weighted by atomic mass is 16.5. The molecule has 0 bridgehead atoms. The van der Waals surface area contributed by atoms with Crippen LogP contribution in [0.15, 0.2) is 24.5 Å². The maximum atomic E-state index is 11.5. The average Bonchev–Trinajstić information content (AvgIpc) is 3.04. The van der Waals surface area contributed by atoms with Crippen molar-refractivity contribution < 1.29 is 9.53 Å². The second-order valence-corrected chi connectivity index (χ2v) is 5.58. The van der Waals surface area contributed by atoms with Gasteiger partial charge in [0, 0.05) is 26.4 Å². The van der Waals surface area contributed by atoms with Gasteiger partial charge in [0.05, 0.1) is 24.4 Å². The number of nitrogens with two attached hydrogens (primary N) is 1. The molecule has 122 valence electrons. The van der Waals surface area contributed by atoms with Crippen LogP contribution in [0.1, 0.15) is 34.9 Å². The van der Waals surface area contributed by atoms with Gasteiger partial charge in [-0.15, -0.1) is 5.10 Å². The number of piperidine rings is 1. The average molecular weight is 316 g/mol. The molecule has 0 aliphatic carbocycles. The van der Waals surface area contributed by atoms with E-state index in [-0.39, 0.29) is 0 Å². The van der Waals surface area contributed by atoms with Crippen LogP contribution in [0.4, 0.5) is 5.82 Å². The molecule has 2 aromatic heterocycles. The molecule has 8 nitrogen and oxygen atoms in total. The van der Waals surface area contributed by atoms with Gasteiger partial charge in [0.2, 0.25) is 0 Å². The van der Waals surface area contributed by atoms with Gasteiger partial charge in [-0.25, -0.2) is 9.67 Å². The first-order chi connectivity index (χ1) is 11.2. The molecular weight excluding hydrogens is 296 g/mol. The van der Waals surface area contributed by atoms with Gasteiger partial charge in [-0.05, 0) is 25.0 Å². The SMILES string of the molecule is COCc1cn(C2CCN(c3ncccc3C(N)=O)CC2)nn1. The first kappa shape index (κ1) is 15.4. The molecule has 1 aliphatic rings. The van der Waals surface area contributed by atoms with Gasteiger partial charge in [-0.1, -0.05) is 5.21 Å². The quantitative estimate of drug-likeness (QED) is 0.874. The molecule has 0 radical (unpaired) electrons. The molecule has 1 amide bonds. The van der Waals surface area contributed by atoms with Gasteiger partial charge in [0.1, 0.15) is 11.5 Å². The minimum absolute atomic E-state index is 0.296. The van der Waals surface area contributed by atoms with Gasteiger partial charge >= 0.3 is 0 Å². The lowest BCUT2D eigenvalue weighted by Gasteiger charge is -2.33. The molecule has 3 heterocycles. The van der Waals surface area contributed by atoms with E-state index in [1.165, 1.54) is 0 Å². The van der Waals surface area contributed by atoms with E-state index in [4.69, 9.17) is 10.5 Å². The fourth-order valence-electron chi connectivity index (χ4n) is 2.89. The zero-order valence-electron chi connectivity index (χ0n) is 13.1. The zero-order chi connectivity index (χ0) is 16.2. The maximum absolute atomic E-state index is 11.5. The fraction of sp³-hybridized carbons (Fsp3) is 0.467. The number of primary amides is 1. The molecule has 0 unspecified atom stereocenters. The second kappa shape index (κ2) is 6.74. The van der Waals surface area contributed by atoms with Gasteiger partial charge < -0.3 is 15.4 Å². The number of pyridine rings is 1. The van der Waals surface area contributed by atoms with E-state index in [0.29, 0.717) is 24.0 Å². The molecule has 2 N–H and O–H groups in total. The highest BCUT2D eigenvalue weighted by Gasteiger charge is 2.24. The molecule has 0 saturated carbocycles. The third-order valence-corrected chi connectivity index (χ3v) is 4.04. The van der Waals surface area contributed by atoms with E-state index in [1.54, 1.807) is 25.4 Å². The Hall–Kier alpha value is -2.48. The van der Waals surface area contributed by atoms with Crippen molar-refractivity contribution in [1.29, 1.82) is 0 Å². The maximum Gasteiger partial charge on any atom is 0.252 e. The Balaban J connectivity index is 1.67. The van der Waals surface area contributed by atoms with Crippen LogP contribution in [-0.4, -0.2) is 46.1 Å². The van der Waals surface area contributed by atoms with E-state index in [0.717, 1.165) is 31.6 Å². The van der Waals surface area contributed by atoms with Gasteiger partial charge in [0.25, 0.3) is 5.91 Å². The predicted molar refractivity (Wildman–Crippen MR) is 84.0 cm³/mol. The summed E-state index contributed by atoms with van der Waals surface area (Å²) in [6.07, 6.45) is 5.43. The third-order valence-electron chi connectivity index (χ3n) is 4.04. The number of aromatic nitrogens is 4. The minimum atomic E-state index is -0.448. The van der Waals surface area contributed by atoms with Crippen molar-refractivity contribution in [2.45, 2.75) is 25.5 Å². The summed E-state index contributed by atoms with van der Waals surface area (Å²) in [6, 6.07) is 3.74. The summed E-state index contributed by atoms with van der Waals surface area (Å²) < 4.78 is 6.96. The largest absolute Gasteiger partial charge is 0.378 e. The van der Waals surface area contributed by atoms with E-state index >= 15 is 0 Å². The number of carbonyl (C=O) groups excluding carboxylic acids is 1. The zero-order valence-corrected chi connectivity index (χ0v) is 13.1. The Bertz CT molecular complexity index is 678. The molecule has 1 saturated heterocycles. The van der Waals surface area contributed by atoms with Crippen molar-refractivity contribution in [1.82, 2.24) is 20.0 Å². The Kier molecular flexibility index (Phi) is 4.52. The Morgan fingerprint density at radius 2 is 2.22 bits per heavy atom. The van der Waals surface area contributed by atoms with E-state index in [9.17, 15) is 4.79 Å². The number of hydrogen-bond acceptors (Lipinski definition) is 6. The lowest BCUT2D eigenvalue weighted by atomic mass is 10.0. The summed E-state index contributed by atoms with van der Waals surface area (Å²) in [4.78, 5) is 18.0. The number of anilines is 1. The molecule has 1 fully saturated rings. The molecule has 3 rings (SSSR count). The summed E-state index contributed by atoms with van der Waals surface area (Å²) >= 11 is 0. The molecule has 0 atom stereocenters. The fourth-order valence-corrected chi connectivity index (χ4v) is 2.89. The third kappa shape index (κ3) is 3.31. The Labute approximate surface area is 134 Å². The highest BCUT2D eigenvalue weighted by Crippen LogP contribution is 2.26. The summed E-state index contributed by atoms with van der Waals surface area (Å²) in [5.74, 6) is 0.216. The van der Waals surface area contributed by atoms with Crippen molar-refractivity contribution in [2.75, 3.05) is 25.1 Å². The van der Waals surface area contributed by atoms with Crippen LogP contribution in [0, 0.1) is 0 Å². The number of ether oxygens (including phenoxy) is 1. The van der Waals surface area contributed by atoms with E-state index in [1.807, 2.05) is 10.9 Å². The molecule has 8 heteroatoms. The van der Waals surface area contributed by atoms with Crippen molar-refractivity contribution >= 4 is 11.7 Å². The van der Waals surface area contributed by atoms with Crippen LogP contribution >= 0.6 is 0 Å². The monoisotopic (exact) mass is 316 g/mol. The van der Waals surface area contributed by atoms with Crippen molar-refractivity contribution in [3.05, 3.63) is 35.8 Å². The van der Waals surface area contributed by atoms with E-state index in [2.05, 4.69) is 20.2 Å². The van der Waals surface area contributed by atoms with Crippen LogP contribution in [0.3, 0.4) is 0 Å². The minimum Gasteiger partial charge on any atom is -0.378 e. The molecule has 0 aromatic carbocycles. The molecule has 23 heavy (non-hydrogen) atoms. The first-order valence-corrected chi connectivity index (χ1v) is 7.58. The van der Waals surface area contributed by atoms with Crippen molar-refractivity contribution in [3.63, 3.8) is 0 Å². The summed E-state index contributed by atoms with van der Waals surface area (Å²) in [5, 5.41) is 8.28. The number of amides is 1. The predicted octanol–water partition coefficient (Wildman–Crippen LogP) is 0.760. The highest BCUT2D eigenvalue weighted by molar-refractivity contribution is 5.97. The smallest absolute Gasteiger partial charge is 0.252 e. The molecule has 0 spiro atoms. The number of carbonyl (C=O) groups is 1. The normalized spacial score (nSPS) is 15.8. The lowest BCUT2D eigenvalue weighted by Crippen LogP contribution is -2.36. The molecule has 1 aliphatic heterocycles. The van der Waals surface area contributed by atoms with Crippen LogP contribution in [-0.2, 0) is 11.3 Å². The number of hydrogen-bond donors (Lipinski definition) is 1. The Morgan fingerprint density at radius 1 is 1.43 bits per heavy atom. The van der Waals surface area contributed by atoms with Crippen LogP contribution in [0.25, 0.3) is 0 Å². The van der Waals surface area contributed by atoms with Gasteiger partial charge in [0.15, 0.2) is 0 Å². The first-order valence-electron chi connectivity index (χ1n) is 7.58. The van der Waals surface area contributed by atoms with E-state index < -0.39 is 5.91 Å². The number of rotatable bonds is 5. The molecule has 2 aromatic rings. The topological polar surface area (TPSA) is 99.2 Å². The number of nitrogens with zero attached hydrogens (tertiary/aromatic N) is 5. The summed E-state index contributed by atoms with van der Waals surface area (Å²) in [6.45, 7) is 2.05. The summed E-state index contributed by atoms with van der Waals surface area (Å²) in [7, 11) is 1.64. The standard InChI is InChI=1S/C15H20N6O2/c1-23-10-11-9-21(19-18-11)12-4-7-20(8-5-12)15-13(14(16)22)3-2-6-17-15/h2-3,6,9,12H,4-5,7-8,10H2,1H3,(H2,16,22).